The number of hydrogen-bond acceptors (Lipinski definition) is 5. The molecule has 0 aliphatic heterocycles. The minimum atomic E-state index is -0.209. The molecule has 1 amide bonds. The van der Waals surface area contributed by atoms with Crippen molar-refractivity contribution in [3.05, 3.63) is 64.4 Å². The number of rotatable bonds is 8. The van der Waals surface area contributed by atoms with Crippen LogP contribution in [0, 0.1) is 0 Å². The van der Waals surface area contributed by atoms with Crippen LogP contribution in [0.25, 0.3) is 0 Å². The zero-order valence-corrected chi connectivity index (χ0v) is 15.8. The van der Waals surface area contributed by atoms with Crippen molar-refractivity contribution in [1.82, 2.24) is 20.1 Å². The molecule has 0 spiro atoms. The standard InChI is InChI=1S/C19H23N5OS/c1-3-9-24-13-21-23-18(24)14(2)22-19(25)15-6-4-7-16(11-15)20-12-17-8-5-10-26-17/h4-8,10-11,13-14,20H,3,9,12H2,1-2H3,(H,22,25)/t14-/m0/s1. The van der Waals surface area contributed by atoms with Gasteiger partial charge >= 0.3 is 0 Å². The maximum Gasteiger partial charge on any atom is 0.251 e. The Morgan fingerprint density at radius 2 is 2.19 bits per heavy atom. The molecule has 0 saturated carbocycles. The van der Waals surface area contributed by atoms with Crippen molar-refractivity contribution >= 4 is 22.9 Å². The van der Waals surface area contributed by atoms with Crippen molar-refractivity contribution in [3.63, 3.8) is 0 Å². The predicted molar refractivity (Wildman–Crippen MR) is 104 cm³/mol. The highest BCUT2D eigenvalue weighted by Gasteiger charge is 2.16. The van der Waals surface area contributed by atoms with Gasteiger partial charge in [-0.05, 0) is 43.0 Å². The predicted octanol–water partition coefficient (Wildman–Crippen LogP) is 3.85. The van der Waals surface area contributed by atoms with Crippen LogP contribution in [0.15, 0.2) is 48.1 Å². The van der Waals surface area contributed by atoms with Crippen LogP contribution in [0.4, 0.5) is 5.69 Å². The SMILES string of the molecule is CCCn1cnnc1[C@H](C)NC(=O)c1cccc(NCc2cccs2)c1. The van der Waals surface area contributed by atoms with Gasteiger partial charge in [-0.3, -0.25) is 4.79 Å². The zero-order chi connectivity index (χ0) is 18.4. The zero-order valence-electron chi connectivity index (χ0n) is 15.0. The third kappa shape index (κ3) is 4.49. The van der Waals surface area contributed by atoms with Crippen molar-refractivity contribution in [3.8, 4) is 0 Å². The van der Waals surface area contributed by atoms with Crippen molar-refractivity contribution in [2.24, 2.45) is 0 Å². The van der Waals surface area contributed by atoms with Crippen molar-refractivity contribution in [1.29, 1.82) is 0 Å². The molecule has 7 heteroatoms. The Hall–Kier alpha value is -2.67. The van der Waals surface area contributed by atoms with Crippen LogP contribution in [0.2, 0.25) is 0 Å². The number of nitrogens with one attached hydrogen (secondary N) is 2. The van der Waals surface area contributed by atoms with E-state index in [2.05, 4.69) is 39.2 Å². The third-order valence-electron chi connectivity index (χ3n) is 4.02. The number of nitrogens with zero attached hydrogens (tertiary/aromatic N) is 3. The van der Waals surface area contributed by atoms with E-state index in [1.807, 2.05) is 41.8 Å². The Morgan fingerprint density at radius 3 is 2.96 bits per heavy atom. The molecule has 0 radical (unpaired) electrons. The molecule has 0 aliphatic rings. The molecule has 1 atom stereocenters. The van der Waals surface area contributed by atoms with Gasteiger partial charge in [0.2, 0.25) is 0 Å². The first-order chi connectivity index (χ1) is 12.7. The maximum atomic E-state index is 12.6. The first kappa shape index (κ1) is 18.1. The topological polar surface area (TPSA) is 71.8 Å². The Morgan fingerprint density at radius 1 is 1.31 bits per heavy atom. The van der Waals surface area contributed by atoms with Gasteiger partial charge in [0.1, 0.15) is 6.33 Å². The van der Waals surface area contributed by atoms with Crippen LogP contribution in [0.1, 0.15) is 47.4 Å². The molecule has 6 nitrogen and oxygen atoms in total. The van der Waals surface area contributed by atoms with E-state index >= 15 is 0 Å². The number of aromatic nitrogens is 3. The van der Waals surface area contributed by atoms with Crippen molar-refractivity contribution in [2.75, 3.05) is 5.32 Å². The molecule has 2 heterocycles. The first-order valence-electron chi connectivity index (χ1n) is 8.72. The number of benzene rings is 1. The third-order valence-corrected chi connectivity index (χ3v) is 4.89. The summed E-state index contributed by atoms with van der Waals surface area (Å²) in [5.74, 6) is 0.649. The molecule has 2 aromatic heterocycles. The summed E-state index contributed by atoms with van der Waals surface area (Å²) >= 11 is 1.71. The fraction of sp³-hybridized carbons (Fsp3) is 0.316. The molecule has 0 bridgehead atoms. The highest BCUT2D eigenvalue weighted by Crippen LogP contribution is 2.16. The van der Waals surface area contributed by atoms with Crippen LogP contribution >= 0.6 is 11.3 Å². The monoisotopic (exact) mass is 369 g/mol. The summed E-state index contributed by atoms with van der Waals surface area (Å²) in [6.07, 6.45) is 2.69. The van der Waals surface area contributed by atoms with Gasteiger partial charge < -0.3 is 15.2 Å². The second-order valence-electron chi connectivity index (χ2n) is 6.09. The molecule has 2 N–H and O–H groups in total. The van der Waals surface area contributed by atoms with E-state index in [-0.39, 0.29) is 11.9 Å². The van der Waals surface area contributed by atoms with E-state index in [1.54, 1.807) is 17.7 Å². The number of amides is 1. The lowest BCUT2D eigenvalue weighted by Gasteiger charge is -2.15. The molecule has 0 unspecified atom stereocenters. The van der Waals surface area contributed by atoms with E-state index in [0.29, 0.717) is 5.56 Å². The first-order valence-corrected chi connectivity index (χ1v) is 9.60. The smallest absolute Gasteiger partial charge is 0.251 e. The van der Waals surface area contributed by atoms with Crippen LogP contribution < -0.4 is 10.6 Å². The van der Waals surface area contributed by atoms with Crippen molar-refractivity contribution < 1.29 is 4.79 Å². The van der Waals surface area contributed by atoms with Crippen molar-refractivity contribution in [2.45, 2.75) is 39.4 Å². The summed E-state index contributed by atoms with van der Waals surface area (Å²) in [5.41, 5.74) is 1.54. The number of carbonyl (C=O) groups excluding carboxylic acids is 1. The molecule has 3 aromatic rings. The summed E-state index contributed by atoms with van der Waals surface area (Å²) in [7, 11) is 0. The Bertz CT molecular complexity index is 843. The van der Waals surface area contributed by atoms with E-state index < -0.39 is 0 Å². The Kier molecular flexibility index (Phi) is 6.01. The normalized spacial score (nSPS) is 11.9. The molecule has 26 heavy (non-hydrogen) atoms. The van der Waals surface area contributed by atoms with E-state index in [4.69, 9.17) is 0 Å². The van der Waals surface area contributed by atoms with Crippen LogP contribution in [-0.4, -0.2) is 20.7 Å². The molecule has 136 valence electrons. The minimum Gasteiger partial charge on any atom is -0.380 e. The summed E-state index contributed by atoms with van der Waals surface area (Å²) in [6, 6.07) is 11.4. The van der Waals surface area contributed by atoms with Gasteiger partial charge in [0, 0.05) is 29.2 Å². The Labute approximate surface area is 157 Å². The lowest BCUT2D eigenvalue weighted by atomic mass is 10.1. The molecule has 0 fully saturated rings. The maximum absolute atomic E-state index is 12.6. The minimum absolute atomic E-state index is 0.122. The summed E-state index contributed by atoms with van der Waals surface area (Å²) in [5, 5.41) is 16.5. The van der Waals surface area contributed by atoms with Crippen LogP contribution in [-0.2, 0) is 13.1 Å². The largest absolute Gasteiger partial charge is 0.380 e. The van der Waals surface area contributed by atoms with Crippen LogP contribution in [0.5, 0.6) is 0 Å². The van der Waals surface area contributed by atoms with E-state index in [9.17, 15) is 4.79 Å². The number of anilines is 1. The number of thiophene rings is 1. The van der Waals surface area contributed by atoms with Crippen LogP contribution in [0.3, 0.4) is 0 Å². The number of aryl methyl sites for hydroxylation is 1. The number of hydrogen-bond donors (Lipinski definition) is 2. The van der Waals surface area contributed by atoms with Gasteiger partial charge in [-0.15, -0.1) is 21.5 Å². The lowest BCUT2D eigenvalue weighted by molar-refractivity contribution is 0.0937. The highest BCUT2D eigenvalue weighted by atomic mass is 32.1. The quantitative estimate of drug-likeness (QED) is 0.633. The average Bonchev–Trinajstić information content (AvgIpc) is 3.32. The summed E-state index contributed by atoms with van der Waals surface area (Å²) in [6.45, 7) is 5.61. The molecule has 0 saturated heterocycles. The van der Waals surface area contributed by atoms with Gasteiger partial charge in [-0.2, -0.15) is 0 Å². The van der Waals surface area contributed by atoms with Gasteiger partial charge in [0.05, 0.1) is 6.04 Å². The molecular weight excluding hydrogens is 346 g/mol. The van der Waals surface area contributed by atoms with Gasteiger partial charge in [-0.25, -0.2) is 0 Å². The lowest BCUT2D eigenvalue weighted by Crippen LogP contribution is -2.28. The summed E-state index contributed by atoms with van der Waals surface area (Å²) in [4.78, 5) is 13.9. The average molecular weight is 369 g/mol. The van der Waals surface area contributed by atoms with Gasteiger partial charge in [-0.1, -0.05) is 19.1 Å². The van der Waals surface area contributed by atoms with Gasteiger partial charge in [0.15, 0.2) is 5.82 Å². The molecule has 3 rings (SSSR count). The van der Waals surface area contributed by atoms with E-state index in [1.165, 1.54) is 4.88 Å². The fourth-order valence-corrected chi connectivity index (χ4v) is 3.37. The summed E-state index contributed by atoms with van der Waals surface area (Å²) < 4.78 is 1.98. The second-order valence-corrected chi connectivity index (χ2v) is 7.12. The fourth-order valence-electron chi connectivity index (χ4n) is 2.73. The molecular formula is C19H23N5OS. The molecule has 1 aromatic carbocycles. The van der Waals surface area contributed by atoms with Gasteiger partial charge in [0.25, 0.3) is 5.91 Å². The van der Waals surface area contributed by atoms with E-state index in [0.717, 1.165) is 31.0 Å². The number of carbonyl (C=O) groups is 1. The Balaban J connectivity index is 1.63. The molecule has 0 aliphatic carbocycles. The second kappa shape index (κ2) is 8.62. The highest BCUT2D eigenvalue weighted by molar-refractivity contribution is 7.09.